The van der Waals surface area contributed by atoms with Crippen LogP contribution in [0.4, 0.5) is 17.7 Å². The minimum atomic E-state index is -4.79. The van der Waals surface area contributed by atoms with Crippen molar-refractivity contribution in [1.29, 1.82) is 0 Å². The van der Waals surface area contributed by atoms with Gasteiger partial charge in [-0.2, -0.15) is 0 Å². The van der Waals surface area contributed by atoms with Gasteiger partial charge < -0.3 is 0 Å². The quantitative estimate of drug-likeness (QED) is 0.266. The number of rotatable bonds is 0. The second-order valence-electron chi connectivity index (χ2n) is 1.78. The fourth-order valence-corrected chi connectivity index (χ4v) is 0. The van der Waals surface area contributed by atoms with Crippen LogP contribution in [0.2, 0.25) is 0 Å². The van der Waals surface area contributed by atoms with Crippen molar-refractivity contribution in [1.82, 2.24) is 0 Å². The molecule has 0 amide bonds. The maximum Gasteiger partial charge on any atom is 0.597 e. The Hall–Kier alpha value is -0.320. The van der Waals surface area contributed by atoms with Crippen LogP contribution in [0.25, 0.3) is 0 Å². The second-order valence-corrected chi connectivity index (χ2v) is 1.78. The first kappa shape index (κ1) is 7.68. The Balaban J connectivity index is 4.02. The fourth-order valence-electron chi connectivity index (χ4n) is 0. The summed E-state index contributed by atoms with van der Waals surface area (Å²) in [5, 5.41) is 0. The molecule has 0 atom stereocenters. The van der Waals surface area contributed by atoms with Gasteiger partial charge in [0.25, 0.3) is 0 Å². The molecule has 0 N–H and O–H groups in total. The lowest BCUT2D eigenvalue weighted by molar-refractivity contribution is -1.11. The lowest BCUT2D eigenvalue weighted by Gasteiger charge is -2.16. The van der Waals surface area contributed by atoms with E-state index < -0.39 is 11.0 Å². The smallest absolute Gasteiger partial charge is 0.113 e. The molecule has 0 saturated carbocycles. The van der Waals surface area contributed by atoms with E-state index in [0.717, 1.165) is 0 Å². The predicted molar refractivity (Wildman–Crippen MR) is 19.3 cm³/mol. The highest BCUT2D eigenvalue weighted by molar-refractivity contribution is 4.17. The van der Waals surface area contributed by atoms with Gasteiger partial charge >= 0.3 is 6.30 Å². The van der Waals surface area contributed by atoms with E-state index >= 15 is 0 Å². The molecule has 0 saturated heterocycles. The first-order valence-corrected chi connectivity index (χ1v) is 1.85. The van der Waals surface area contributed by atoms with Crippen LogP contribution >= 0.6 is 0 Å². The van der Waals surface area contributed by atoms with Crippen LogP contribution in [-0.2, 0) is 0 Å². The summed E-state index contributed by atoms with van der Waals surface area (Å²) in [5.74, 6) is 0. The lowest BCUT2D eigenvalue weighted by atomic mass is 10.9. The molecule has 0 aromatic carbocycles. The van der Waals surface area contributed by atoms with Gasteiger partial charge in [0.05, 0.1) is 0 Å². The summed E-state index contributed by atoms with van der Waals surface area (Å²) < 4.78 is 42.7. The van der Waals surface area contributed by atoms with Crippen molar-refractivity contribution in [2.45, 2.75) is 6.30 Å². The maximum atomic E-state index is 11.7. The van der Waals surface area contributed by atoms with Crippen molar-refractivity contribution >= 4 is 0 Å². The highest BCUT2D eigenvalue weighted by Gasteiger charge is 2.51. The molecule has 0 aliphatic rings. The summed E-state index contributed by atoms with van der Waals surface area (Å²) in [6, 6.07) is 0. The minimum Gasteiger partial charge on any atom is -0.113 e. The van der Waals surface area contributed by atoms with Gasteiger partial charge in [-0.1, -0.05) is 0 Å². The van der Waals surface area contributed by atoms with Crippen molar-refractivity contribution in [3.8, 4) is 0 Å². The van der Waals surface area contributed by atoms with E-state index in [1.807, 2.05) is 0 Å². The molecule has 0 unspecified atom stereocenters. The largest absolute Gasteiger partial charge is 0.597 e. The summed E-state index contributed by atoms with van der Waals surface area (Å²) in [6.45, 7) is 0. The standard InChI is InChI=1S/C3H6F4N/c1-8(2,7)3(4,5)6/h1-2H3/q+1. The van der Waals surface area contributed by atoms with E-state index in [1.165, 1.54) is 0 Å². The number of quaternary nitrogens is 1. The molecule has 0 aliphatic carbocycles. The number of nitrogens with zero attached hydrogens (tertiary/aromatic N) is 1. The topological polar surface area (TPSA) is 0 Å². The zero-order chi connectivity index (χ0) is 7.00. The molecule has 1 nitrogen and oxygen atoms in total. The molecule has 50 valence electrons. The number of hydrogen-bond donors (Lipinski definition) is 0. The van der Waals surface area contributed by atoms with Gasteiger partial charge in [0.2, 0.25) is 0 Å². The molecular formula is C3H6F4N+. The molecule has 0 heterocycles. The molecule has 5 heteroatoms. The molecule has 0 aromatic heterocycles. The molecule has 0 bridgehead atoms. The summed E-state index contributed by atoms with van der Waals surface area (Å²) in [6.07, 6.45) is -4.79. The van der Waals surface area contributed by atoms with Crippen molar-refractivity contribution in [2.75, 3.05) is 14.1 Å². The third kappa shape index (κ3) is 1.65. The van der Waals surface area contributed by atoms with E-state index in [1.54, 1.807) is 0 Å². The number of alkyl halides is 3. The molecule has 0 spiro atoms. The number of halogens is 4. The number of hydrogen-bond acceptors (Lipinski definition) is 0. The molecule has 0 fully saturated rings. The summed E-state index contributed by atoms with van der Waals surface area (Å²) in [7, 11) is 0.833. The SMILES string of the molecule is C[N+](C)(F)C(F)(F)F. The summed E-state index contributed by atoms with van der Waals surface area (Å²) in [5.41, 5.74) is 0. The molecular weight excluding hydrogens is 126 g/mol. The van der Waals surface area contributed by atoms with Gasteiger partial charge in [-0.15, -0.1) is 13.2 Å². The van der Waals surface area contributed by atoms with E-state index in [9.17, 15) is 17.7 Å². The van der Waals surface area contributed by atoms with Gasteiger partial charge in [-0.3, -0.25) is 0 Å². The zero-order valence-electron chi connectivity index (χ0n) is 4.46. The van der Waals surface area contributed by atoms with E-state index in [4.69, 9.17) is 0 Å². The Morgan fingerprint density at radius 1 is 1.12 bits per heavy atom. The molecule has 0 radical (unpaired) electrons. The van der Waals surface area contributed by atoms with Crippen molar-refractivity contribution in [3.63, 3.8) is 0 Å². The van der Waals surface area contributed by atoms with Crippen molar-refractivity contribution in [2.24, 2.45) is 0 Å². The minimum absolute atomic E-state index is 0.417. The highest BCUT2D eigenvalue weighted by Crippen LogP contribution is 2.25. The van der Waals surface area contributed by atoms with Crippen LogP contribution in [-0.4, -0.2) is 25.1 Å². The van der Waals surface area contributed by atoms with Crippen LogP contribution in [0.15, 0.2) is 0 Å². The Kier molecular flexibility index (Phi) is 1.52. The molecule has 8 heavy (non-hydrogen) atoms. The second kappa shape index (κ2) is 1.58. The van der Waals surface area contributed by atoms with Gasteiger partial charge in [0.15, 0.2) is 0 Å². The average Bonchev–Trinajstić information content (AvgIpc) is 1.25. The first-order valence-electron chi connectivity index (χ1n) is 1.85. The molecule has 0 aliphatic heterocycles. The van der Waals surface area contributed by atoms with E-state index in [2.05, 4.69) is 0 Å². The van der Waals surface area contributed by atoms with Crippen LogP contribution in [0.5, 0.6) is 0 Å². The van der Waals surface area contributed by atoms with Crippen LogP contribution in [0.1, 0.15) is 0 Å². The Morgan fingerprint density at radius 2 is 1.25 bits per heavy atom. The van der Waals surface area contributed by atoms with Gasteiger partial charge in [-0.05, 0) is 4.71 Å². The van der Waals surface area contributed by atoms with Crippen molar-refractivity contribution < 1.29 is 22.4 Å². The Bertz CT molecular complexity index is 66.3. The monoisotopic (exact) mass is 132 g/mol. The summed E-state index contributed by atoms with van der Waals surface area (Å²) in [4.78, 5) is 0. The third-order valence-corrected chi connectivity index (χ3v) is 0.603. The van der Waals surface area contributed by atoms with Crippen LogP contribution < -0.4 is 0 Å². The molecule has 0 rings (SSSR count). The van der Waals surface area contributed by atoms with Gasteiger partial charge in [0, 0.05) is 4.48 Å². The first-order chi connectivity index (χ1) is 3.25. The normalized spacial score (nSPS) is 14.2. The summed E-state index contributed by atoms with van der Waals surface area (Å²) >= 11 is 0. The van der Waals surface area contributed by atoms with E-state index in [0.29, 0.717) is 14.1 Å². The van der Waals surface area contributed by atoms with Gasteiger partial charge in [-0.25, -0.2) is 0 Å². The molecule has 0 aromatic rings. The van der Waals surface area contributed by atoms with Crippen LogP contribution in [0.3, 0.4) is 0 Å². The third-order valence-electron chi connectivity index (χ3n) is 0.603. The fraction of sp³-hybridized carbons (Fsp3) is 1.00. The van der Waals surface area contributed by atoms with Crippen molar-refractivity contribution in [3.05, 3.63) is 0 Å². The van der Waals surface area contributed by atoms with E-state index in [-0.39, 0.29) is 0 Å². The maximum absolute atomic E-state index is 11.7. The Morgan fingerprint density at radius 3 is 1.25 bits per heavy atom. The average molecular weight is 132 g/mol. The highest BCUT2D eigenvalue weighted by atomic mass is 19.4. The van der Waals surface area contributed by atoms with Crippen LogP contribution in [0, 0.1) is 0 Å². The van der Waals surface area contributed by atoms with Gasteiger partial charge in [0.1, 0.15) is 14.1 Å². The predicted octanol–water partition coefficient (Wildman–Crippen LogP) is 1.47. The Labute approximate surface area is 44.0 Å². The zero-order valence-corrected chi connectivity index (χ0v) is 4.46. The lowest BCUT2D eigenvalue weighted by Crippen LogP contribution is -2.43.